The molecule has 0 spiro atoms. The highest BCUT2D eigenvalue weighted by Gasteiger charge is 2.16. The van der Waals surface area contributed by atoms with E-state index in [-0.39, 0.29) is 23.8 Å². The van der Waals surface area contributed by atoms with Gasteiger partial charge in [-0.2, -0.15) is 0 Å². The van der Waals surface area contributed by atoms with Gasteiger partial charge in [0, 0.05) is 18.2 Å². The fourth-order valence-electron chi connectivity index (χ4n) is 2.88. The Kier molecular flexibility index (Phi) is 6.54. The van der Waals surface area contributed by atoms with Gasteiger partial charge in [0.2, 0.25) is 5.91 Å². The number of methoxy groups -OCH3 is 1. The smallest absolute Gasteiger partial charge is 0.255 e. The van der Waals surface area contributed by atoms with Crippen molar-refractivity contribution in [3.05, 3.63) is 64.8 Å². The van der Waals surface area contributed by atoms with Crippen molar-refractivity contribution in [2.45, 2.75) is 27.4 Å². The monoisotopic (exact) mass is 427 g/mol. The molecule has 0 bridgehead atoms. The molecule has 8 nitrogen and oxygen atoms in total. The van der Waals surface area contributed by atoms with Crippen LogP contribution in [0.3, 0.4) is 0 Å². The molecular weight excluding hydrogens is 405 g/mol. The zero-order chi connectivity index (χ0) is 22.5. The molecule has 0 unspecified atom stereocenters. The normalized spacial score (nSPS) is 10.5. The van der Waals surface area contributed by atoms with Gasteiger partial charge >= 0.3 is 0 Å². The van der Waals surface area contributed by atoms with Crippen molar-refractivity contribution in [2.24, 2.45) is 0 Å². The standard InChI is InChI=1S/C22H22FN3O5/c1-12-17(13(2)31-26-12)11-30-20-8-5-15(9-21(20)29-4)22(28)25-19-10-16(24-14(3)27)6-7-18(19)23/h5-10H,11H2,1-4H3,(H,24,27)(H,25,28). The Morgan fingerprint density at radius 3 is 2.52 bits per heavy atom. The zero-order valence-electron chi connectivity index (χ0n) is 17.5. The molecule has 2 N–H and O–H groups in total. The van der Waals surface area contributed by atoms with Crippen molar-refractivity contribution >= 4 is 23.2 Å². The zero-order valence-corrected chi connectivity index (χ0v) is 17.5. The van der Waals surface area contributed by atoms with Crippen molar-refractivity contribution in [1.29, 1.82) is 0 Å². The van der Waals surface area contributed by atoms with E-state index in [0.29, 0.717) is 22.9 Å². The van der Waals surface area contributed by atoms with E-state index in [1.165, 1.54) is 38.3 Å². The lowest BCUT2D eigenvalue weighted by Gasteiger charge is -2.13. The minimum atomic E-state index is -0.631. The lowest BCUT2D eigenvalue weighted by molar-refractivity contribution is -0.114. The number of rotatable bonds is 7. The molecule has 1 heterocycles. The summed E-state index contributed by atoms with van der Waals surface area (Å²) < 4.78 is 30.4. The SMILES string of the molecule is COc1cc(C(=O)Nc2cc(NC(C)=O)ccc2F)ccc1OCc1c(C)noc1C. The van der Waals surface area contributed by atoms with E-state index in [0.717, 1.165) is 17.3 Å². The molecule has 0 aliphatic carbocycles. The molecule has 0 saturated heterocycles. The van der Waals surface area contributed by atoms with E-state index in [1.54, 1.807) is 13.0 Å². The number of benzene rings is 2. The van der Waals surface area contributed by atoms with Crippen molar-refractivity contribution in [2.75, 3.05) is 17.7 Å². The third-order valence-electron chi connectivity index (χ3n) is 4.51. The maximum atomic E-state index is 14.1. The topological polar surface area (TPSA) is 103 Å². The van der Waals surface area contributed by atoms with Crippen LogP contribution < -0.4 is 20.1 Å². The molecule has 0 saturated carbocycles. The van der Waals surface area contributed by atoms with E-state index in [4.69, 9.17) is 14.0 Å². The molecule has 9 heteroatoms. The molecule has 162 valence electrons. The highest BCUT2D eigenvalue weighted by Crippen LogP contribution is 2.30. The number of aromatic nitrogens is 1. The van der Waals surface area contributed by atoms with Crippen LogP contribution >= 0.6 is 0 Å². The second kappa shape index (κ2) is 9.29. The minimum absolute atomic E-state index is 0.0612. The summed E-state index contributed by atoms with van der Waals surface area (Å²) in [5.74, 6) is -0.0511. The Bertz CT molecular complexity index is 1110. The van der Waals surface area contributed by atoms with Crippen LogP contribution in [0.5, 0.6) is 11.5 Å². The molecule has 31 heavy (non-hydrogen) atoms. The molecule has 1 aromatic heterocycles. The molecule has 0 radical (unpaired) electrons. The number of ether oxygens (including phenoxy) is 2. The first-order chi connectivity index (χ1) is 14.8. The summed E-state index contributed by atoms with van der Waals surface area (Å²) in [5.41, 5.74) is 2.11. The van der Waals surface area contributed by atoms with Gasteiger partial charge in [0.15, 0.2) is 11.5 Å². The van der Waals surface area contributed by atoms with Crippen molar-refractivity contribution in [3.8, 4) is 11.5 Å². The first-order valence-corrected chi connectivity index (χ1v) is 9.39. The second-order valence-corrected chi connectivity index (χ2v) is 6.79. The molecule has 0 atom stereocenters. The maximum Gasteiger partial charge on any atom is 0.255 e. The lowest BCUT2D eigenvalue weighted by atomic mass is 10.1. The Morgan fingerprint density at radius 2 is 1.87 bits per heavy atom. The maximum absolute atomic E-state index is 14.1. The molecule has 3 rings (SSSR count). The Balaban J connectivity index is 1.76. The van der Waals surface area contributed by atoms with Crippen LogP contribution in [0.4, 0.5) is 15.8 Å². The molecule has 2 amide bonds. The van der Waals surface area contributed by atoms with Gasteiger partial charge in [0.1, 0.15) is 18.2 Å². The molecule has 2 aromatic carbocycles. The van der Waals surface area contributed by atoms with E-state index >= 15 is 0 Å². The predicted octanol–water partition coefficient (Wildman–Crippen LogP) is 4.23. The Labute approximate surface area is 178 Å². The van der Waals surface area contributed by atoms with Crippen molar-refractivity contribution in [1.82, 2.24) is 5.16 Å². The van der Waals surface area contributed by atoms with Gasteiger partial charge in [-0.15, -0.1) is 0 Å². The average molecular weight is 427 g/mol. The summed E-state index contributed by atoms with van der Waals surface area (Å²) in [5, 5.41) is 8.92. The summed E-state index contributed by atoms with van der Waals surface area (Å²) in [6.07, 6.45) is 0. The number of nitrogens with zero attached hydrogens (tertiary/aromatic N) is 1. The van der Waals surface area contributed by atoms with Gasteiger partial charge < -0.3 is 24.6 Å². The summed E-state index contributed by atoms with van der Waals surface area (Å²) in [6.45, 7) is 5.18. The first-order valence-electron chi connectivity index (χ1n) is 9.39. The van der Waals surface area contributed by atoms with Crippen LogP contribution in [-0.4, -0.2) is 24.1 Å². The van der Waals surface area contributed by atoms with Gasteiger partial charge in [-0.25, -0.2) is 4.39 Å². The van der Waals surface area contributed by atoms with Gasteiger partial charge in [-0.1, -0.05) is 5.16 Å². The summed E-state index contributed by atoms with van der Waals surface area (Å²) in [6, 6.07) is 8.53. The predicted molar refractivity (Wildman–Crippen MR) is 112 cm³/mol. The Hall–Kier alpha value is -3.88. The van der Waals surface area contributed by atoms with Crippen molar-refractivity contribution in [3.63, 3.8) is 0 Å². The van der Waals surface area contributed by atoms with Crippen LogP contribution in [0, 0.1) is 19.7 Å². The lowest BCUT2D eigenvalue weighted by Crippen LogP contribution is -2.14. The van der Waals surface area contributed by atoms with Crippen LogP contribution in [0.1, 0.15) is 34.3 Å². The van der Waals surface area contributed by atoms with Crippen LogP contribution in [0.2, 0.25) is 0 Å². The molecule has 0 aliphatic rings. The van der Waals surface area contributed by atoms with E-state index in [9.17, 15) is 14.0 Å². The van der Waals surface area contributed by atoms with Gasteiger partial charge in [0.25, 0.3) is 5.91 Å². The summed E-state index contributed by atoms with van der Waals surface area (Å²) in [7, 11) is 1.45. The third-order valence-corrected chi connectivity index (χ3v) is 4.51. The number of aryl methyl sites for hydroxylation is 2. The van der Waals surface area contributed by atoms with E-state index in [1.807, 2.05) is 6.92 Å². The largest absolute Gasteiger partial charge is 0.493 e. The summed E-state index contributed by atoms with van der Waals surface area (Å²) >= 11 is 0. The number of anilines is 2. The molecular formula is C22H22FN3O5. The fraction of sp³-hybridized carbons (Fsp3) is 0.227. The van der Waals surface area contributed by atoms with Gasteiger partial charge in [-0.05, 0) is 50.2 Å². The van der Waals surface area contributed by atoms with E-state index < -0.39 is 11.7 Å². The van der Waals surface area contributed by atoms with Crippen LogP contribution in [-0.2, 0) is 11.4 Å². The quantitative estimate of drug-likeness (QED) is 0.585. The number of carbonyl (C=O) groups excluding carboxylic acids is 2. The fourth-order valence-corrected chi connectivity index (χ4v) is 2.88. The second-order valence-electron chi connectivity index (χ2n) is 6.79. The van der Waals surface area contributed by atoms with Gasteiger partial charge in [-0.3, -0.25) is 9.59 Å². The highest BCUT2D eigenvalue weighted by atomic mass is 19.1. The molecule has 0 fully saturated rings. The molecule has 3 aromatic rings. The minimum Gasteiger partial charge on any atom is -0.493 e. The van der Waals surface area contributed by atoms with Gasteiger partial charge in [0.05, 0.1) is 24.1 Å². The molecule has 0 aliphatic heterocycles. The number of hydrogen-bond acceptors (Lipinski definition) is 6. The highest BCUT2D eigenvalue weighted by molar-refractivity contribution is 6.05. The Morgan fingerprint density at radius 1 is 1.10 bits per heavy atom. The van der Waals surface area contributed by atoms with Crippen LogP contribution in [0.15, 0.2) is 40.9 Å². The van der Waals surface area contributed by atoms with Crippen molar-refractivity contribution < 1.29 is 28.0 Å². The number of amides is 2. The van der Waals surface area contributed by atoms with E-state index in [2.05, 4.69) is 15.8 Å². The van der Waals surface area contributed by atoms with Crippen LogP contribution in [0.25, 0.3) is 0 Å². The number of halogens is 1. The number of carbonyl (C=O) groups is 2. The third kappa shape index (κ3) is 5.19. The number of nitrogens with one attached hydrogen (secondary N) is 2. The summed E-state index contributed by atoms with van der Waals surface area (Å²) in [4.78, 5) is 23.8. The first kappa shape index (κ1) is 21.8. The average Bonchev–Trinajstić information content (AvgIpc) is 3.05. The number of hydrogen-bond donors (Lipinski definition) is 2.